The summed E-state index contributed by atoms with van der Waals surface area (Å²) in [5.41, 5.74) is 22.0. The summed E-state index contributed by atoms with van der Waals surface area (Å²) in [6, 6.07) is 45.5. The van der Waals surface area contributed by atoms with Gasteiger partial charge in [0.2, 0.25) is 13.6 Å². The number of ether oxygens (including phenoxy) is 4. The molecule has 7 heteroatoms. The standard InChI is InChI=1S/C51H39BN2O4/c1-28-18-43-49-44(19-28)54(30-15-17-45-46(21-30)56-26-55-45)42-25-48-47(57-27-58-48)24-40(42)52(49)39-22-34-32-11-7-9-13-36(32)51(4,5)38(34)23-41(39)53(43)29-14-16-33-31-10-6-8-12-35(31)50(2,3)37(33)20-29/h6-25H,26-27H2,1-5H3. The summed E-state index contributed by atoms with van der Waals surface area (Å²) in [4.78, 5) is 4.95. The van der Waals surface area contributed by atoms with Crippen LogP contribution in [0.3, 0.4) is 0 Å². The van der Waals surface area contributed by atoms with Crippen LogP contribution in [0.1, 0.15) is 55.5 Å². The highest BCUT2D eigenvalue weighted by Crippen LogP contribution is 2.55. The number of anilines is 6. The monoisotopic (exact) mass is 754 g/mol. The molecule has 280 valence electrons. The number of nitrogens with zero attached hydrogens (tertiary/aromatic N) is 2. The van der Waals surface area contributed by atoms with Gasteiger partial charge in [-0.05, 0) is 122 Å². The van der Waals surface area contributed by atoms with Crippen molar-refractivity contribution in [3.8, 4) is 45.3 Å². The SMILES string of the molecule is Cc1cc2c3c(c1)N(c1ccc4c(c1)C(C)(C)c1ccccc1-4)c1cc4c(cc1B3c1cc3c(cc1N2c1ccc2c(c1)OCO2)OCO3)-c1ccccc1C4(C)C. The van der Waals surface area contributed by atoms with Gasteiger partial charge in [-0.3, -0.25) is 0 Å². The number of hydrogen-bond donors (Lipinski definition) is 0. The molecule has 6 nitrogen and oxygen atoms in total. The Bertz CT molecular complexity index is 3020. The first-order valence-electron chi connectivity index (χ1n) is 20.3. The normalized spacial score (nSPS) is 16.9. The summed E-state index contributed by atoms with van der Waals surface area (Å²) >= 11 is 0. The predicted octanol–water partition coefficient (Wildman–Crippen LogP) is 10.1. The maximum atomic E-state index is 6.14. The molecule has 6 aliphatic rings. The molecule has 0 aromatic heterocycles. The molecular formula is C51H39BN2O4. The second-order valence-corrected chi connectivity index (χ2v) is 17.7. The van der Waals surface area contributed by atoms with Crippen LogP contribution in [-0.2, 0) is 10.8 Å². The molecule has 0 fully saturated rings. The van der Waals surface area contributed by atoms with E-state index in [9.17, 15) is 0 Å². The predicted molar refractivity (Wildman–Crippen MR) is 233 cm³/mol. The molecule has 0 saturated heterocycles. The second-order valence-electron chi connectivity index (χ2n) is 17.7. The Morgan fingerprint density at radius 2 is 0.966 bits per heavy atom. The van der Waals surface area contributed by atoms with Gasteiger partial charge in [-0.1, -0.05) is 88.4 Å². The van der Waals surface area contributed by atoms with Crippen molar-refractivity contribution in [2.24, 2.45) is 0 Å². The Hall–Kier alpha value is -6.60. The zero-order valence-corrected chi connectivity index (χ0v) is 33.1. The number of rotatable bonds is 2. The van der Waals surface area contributed by atoms with Gasteiger partial charge in [0.15, 0.2) is 23.0 Å². The molecule has 0 spiro atoms. The fourth-order valence-electron chi connectivity index (χ4n) is 11.1. The largest absolute Gasteiger partial charge is 0.454 e. The molecule has 0 atom stereocenters. The zero-order valence-electron chi connectivity index (χ0n) is 33.1. The molecule has 4 heterocycles. The van der Waals surface area contributed by atoms with Crippen molar-refractivity contribution < 1.29 is 18.9 Å². The minimum absolute atomic E-state index is 0.0806. The van der Waals surface area contributed by atoms with E-state index in [-0.39, 0.29) is 31.1 Å². The molecule has 0 unspecified atom stereocenters. The molecule has 13 rings (SSSR count). The van der Waals surface area contributed by atoms with Crippen molar-refractivity contribution in [3.05, 3.63) is 149 Å². The first-order valence-corrected chi connectivity index (χ1v) is 20.3. The summed E-state index contributed by atoms with van der Waals surface area (Å²) in [7, 11) is 0. The zero-order chi connectivity index (χ0) is 38.8. The van der Waals surface area contributed by atoms with Crippen LogP contribution < -0.4 is 45.1 Å². The molecule has 0 amide bonds. The maximum Gasteiger partial charge on any atom is 0.252 e. The second kappa shape index (κ2) is 10.9. The highest BCUT2D eigenvalue weighted by molar-refractivity contribution is 7.00. The van der Waals surface area contributed by atoms with Crippen molar-refractivity contribution in [3.63, 3.8) is 0 Å². The molecule has 0 saturated carbocycles. The highest BCUT2D eigenvalue weighted by Gasteiger charge is 2.47. The molecule has 0 N–H and O–H groups in total. The minimum atomic E-state index is -0.168. The Balaban J connectivity index is 1.13. The van der Waals surface area contributed by atoms with Gasteiger partial charge in [-0.15, -0.1) is 0 Å². The van der Waals surface area contributed by atoms with Crippen molar-refractivity contribution in [2.75, 3.05) is 23.4 Å². The Morgan fingerprint density at radius 3 is 1.67 bits per heavy atom. The lowest BCUT2D eigenvalue weighted by molar-refractivity contribution is 0.173. The van der Waals surface area contributed by atoms with Crippen molar-refractivity contribution in [1.82, 2.24) is 0 Å². The fourth-order valence-corrected chi connectivity index (χ4v) is 11.1. The molecule has 0 bridgehead atoms. The number of hydrogen-bond acceptors (Lipinski definition) is 6. The van der Waals surface area contributed by atoms with Gasteiger partial charge in [0.05, 0.1) is 5.69 Å². The van der Waals surface area contributed by atoms with Gasteiger partial charge in [0, 0.05) is 51.4 Å². The van der Waals surface area contributed by atoms with E-state index in [0.29, 0.717) is 0 Å². The van der Waals surface area contributed by atoms with Crippen LogP contribution in [0.5, 0.6) is 23.0 Å². The van der Waals surface area contributed by atoms with Crippen LogP contribution in [0.15, 0.2) is 121 Å². The highest BCUT2D eigenvalue weighted by atomic mass is 16.7. The van der Waals surface area contributed by atoms with Gasteiger partial charge >= 0.3 is 0 Å². The summed E-state index contributed by atoms with van der Waals surface area (Å²) < 4.78 is 24.0. The number of aryl methyl sites for hydroxylation is 1. The van der Waals surface area contributed by atoms with E-state index in [4.69, 9.17) is 18.9 Å². The fraction of sp³-hybridized carbons (Fsp3) is 0.176. The summed E-state index contributed by atoms with van der Waals surface area (Å²) in [6.07, 6.45) is 0. The van der Waals surface area contributed by atoms with E-state index in [0.717, 1.165) is 45.7 Å². The molecule has 7 aromatic rings. The molecule has 2 aliphatic carbocycles. The molecule has 58 heavy (non-hydrogen) atoms. The average molecular weight is 755 g/mol. The lowest BCUT2D eigenvalue weighted by Crippen LogP contribution is -2.61. The van der Waals surface area contributed by atoms with Gasteiger partial charge in [-0.25, -0.2) is 0 Å². The van der Waals surface area contributed by atoms with Crippen LogP contribution in [-0.4, -0.2) is 20.3 Å². The number of benzene rings is 7. The summed E-state index contributed by atoms with van der Waals surface area (Å²) in [5, 5.41) is 0. The molecule has 7 aromatic carbocycles. The Morgan fingerprint density at radius 1 is 0.448 bits per heavy atom. The van der Waals surface area contributed by atoms with E-state index in [1.165, 1.54) is 77.8 Å². The first kappa shape index (κ1) is 32.5. The topological polar surface area (TPSA) is 43.4 Å². The number of fused-ring (bicyclic) bond motifs is 12. The van der Waals surface area contributed by atoms with Gasteiger partial charge in [0.1, 0.15) is 0 Å². The maximum absolute atomic E-state index is 6.14. The van der Waals surface area contributed by atoms with E-state index in [2.05, 4.69) is 160 Å². The van der Waals surface area contributed by atoms with Crippen LogP contribution in [0.4, 0.5) is 34.1 Å². The first-order chi connectivity index (χ1) is 28.2. The Kier molecular flexibility index (Phi) is 6.09. The van der Waals surface area contributed by atoms with Crippen LogP contribution in [0.25, 0.3) is 22.3 Å². The average Bonchev–Trinajstić information content (AvgIpc) is 3.99. The van der Waals surface area contributed by atoms with E-state index >= 15 is 0 Å². The van der Waals surface area contributed by atoms with Crippen molar-refractivity contribution in [2.45, 2.75) is 45.4 Å². The van der Waals surface area contributed by atoms with Crippen molar-refractivity contribution >= 4 is 57.2 Å². The lowest BCUT2D eigenvalue weighted by Gasteiger charge is -2.45. The van der Waals surface area contributed by atoms with Crippen LogP contribution >= 0.6 is 0 Å². The quantitative estimate of drug-likeness (QED) is 0.164. The van der Waals surface area contributed by atoms with Gasteiger partial charge in [-0.2, -0.15) is 0 Å². The molecular weight excluding hydrogens is 715 g/mol. The minimum Gasteiger partial charge on any atom is -0.454 e. The van der Waals surface area contributed by atoms with Gasteiger partial charge < -0.3 is 28.7 Å². The van der Waals surface area contributed by atoms with E-state index < -0.39 is 0 Å². The van der Waals surface area contributed by atoms with E-state index in [1.807, 2.05) is 6.07 Å². The van der Waals surface area contributed by atoms with Crippen LogP contribution in [0, 0.1) is 6.92 Å². The van der Waals surface area contributed by atoms with Crippen molar-refractivity contribution in [1.29, 1.82) is 0 Å². The summed E-state index contributed by atoms with van der Waals surface area (Å²) in [5.74, 6) is 3.03. The lowest BCUT2D eigenvalue weighted by atomic mass is 9.33. The third kappa shape index (κ3) is 4.03. The Labute approximate surface area is 338 Å². The molecule has 4 aliphatic heterocycles. The molecule has 0 radical (unpaired) electrons. The smallest absolute Gasteiger partial charge is 0.252 e. The van der Waals surface area contributed by atoms with Gasteiger partial charge in [0.25, 0.3) is 6.71 Å². The third-order valence-electron chi connectivity index (χ3n) is 13.8. The summed E-state index contributed by atoms with van der Waals surface area (Å²) in [6.45, 7) is 12.0. The van der Waals surface area contributed by atoms with E-state index in [1.54, 1.807) is 0 Å². The third-order valence-corrected chi connectivity index (χ3v) is 13.8. The van der Waals surface area contributed by atoms with Crippen LogP contribution in [0.2, 0.25) is 0 Å².